The summed E-state index contributed by atoms with van der Waals surface area (Å²) in [6, 6.07) is 12.0. The molecule has 23 heavy (non-hydrogen) atoms. The average molecular weight is 309 g/mol. The molecule has 1 amide bonds. The minimum atomic E-state index is -0.517. The maximum absolute atomic E-state index is 12.5. The van der Waals surface area contributed by atoms with Gasteiger partial charge in [0.15, 0.2) is 0 Å². The van der Waals surface area contributed by atoms with E-state index in [-0.39, 0.29) is 11.4 Å². The zero-order valence-corrected chi connectivity index (χ0v) is 12.7. The van der Waals surface area contributed by atoms with E-state index in [0.29, 0.717) is 5.69 Å². The highest BCUT2D eigenvalue weighted by atomic mass is 16.6. The van der Waals surface area contributed by atoms with Crippen LogP contribution in [0.5, 0.6) is 0 Å². The van der Waals surface area contributed by atoms with Gasteiger partial charge in [-0.15, -0.1) is 0 Å². The quantitative estimate of drug-likeness (QED) is 0.567. The van der Waals surface area contributed by atoms with Crippen molar-refractivity contribution in [2.75, 3.05) is 5.32 Å². The third-order valence-electron chi connectivity index (χ3n) is 3.79. The van der Waals surface area contributed by atoms with Crippen LogP contribution in [0.1, 0.15) is 21.6 Å². The van der Waals surface area contributed by atoms with Gasteiger partial charge in [-0.05, 0) is 37.6 Å². The lowest BCUT2D eigenvalue weighted by atomic mass is 10.1. The van der Waals surface area contributed by atoms with Gasteiger partial charge in [-0.25, -0.2) is 0 Å². The number of nitro groups is 1. The van der Waals surface area contributed by atoms with Crippen LogP contribution in [0.2, 0.25) is 0 Å². The molecular formula is C17H15N3O3. The number of aryl methyl sites for hydroxylation is 2. The molecule has 6 nitrogen and oxygen atoms in total. The minimum Gasteiger partial charge on any atom is -0.350 e. The Hall–Kier alpha value is -3.15. The summed E-state index contributed by atoms with van der Waals surface area (Å²) in [6.07, 6.45) is 0. The Kier molecular flexibility index (Phi) is 3.57. The summed E-state index contributed by atoms with van der Waals surface area (Å²) in [6.45, 7) is 3.84. The van der Waals surface area contributed by atoms with Gasteiger partial charge >= 0.3 is 0 Å². The summed E-state index contributed by atoms with van der Waals surface area (Å²) < 4.78 is 0. The number of carbonyl (C=O) groups excluding carboxylic acids is 1. The zero-order chi connectivity index (χ0) is 16.6. The van der Waals surface area contributed by atoms with Crippen LogP contribution in [0.25, 0.3) is 10.9 Å². The van der Waals surface area contributed by atoms with E-state index < -0.39 is 10.8 Å². The molecule has 0 radical (unpaired) electrons. The fourth-order valence-electron chi connectivity index (χ4n) is 2.59. The Morgan fingerprint density at radius 3 is 2.65 bits per heavy atom. The Morgan fingerprint density at radius 2 is 1.91 bits per heavy atom. The molecule has 1 aromatic heterocycles. The maximum Gasteiger partial charge on any atom is 0.292 e. The molecule has 0 fully saturated rings. The maximum atomic E-state index is 12.5. The molecule has 0 spiro atoms. The van der Waals surface area contributed by atoms with Crippen LogP contribution in [0.4, 0.5) is 11.4 Å². The van der Waals surface area contributed by atoms with E-state index in [0.717, 1.165) is 22.0 Å². The lowest BCUT2D eigenvalue weighted by Crippen LogP contribution is -2.14. The van der Waals surface area contributed by atoms with Gasteiger partial charge in [0.25, 0.3) is 11.6 Å². The van der Waals surface area contributed by atoms with Crippen molar-refractivity contribution in [3.8, 4) is 0 Å². The van der Waals surface area contributed by atoms with Crippen LogP contribution in [-0.2, 0) is 0 Å². The molecule has 116 valence electrons. The van der Waals surface area contributed by atoms with Crippen molar-refractivity contribution in [1.29, 1.82) is 0 Å². The van der Waals surface area contributed by atoms with Gasteiger partial charge < -0.3 is 10.3 Å². The number of nitrogens with one attached hydrogen (secondary N) is 2. The van der Waals surface area contributed by atoms with Gasteiger partial charge in [-0.2, -0.15) is 0 Å². The minimum absolute atomic E-state index is 0.134. The van der Waals surface area contributed by atoms with E-state index in [9.17, 15) is 14.9 Å². The highest BCUT2D eigenvalue weighted by Gasteiger charge is 2.19. The number of nitrogens with zero attached hydrogens (tertiary/aromatic N) is 1. The summed E-state index contributed by atoms with van der Waals surface area (Å²) >= 11 is 0. The fourth-order valence-corrected chi connectivity index (χ4v) is 2.59. The topological polar surface area (TPSA) is 88.0 Å². The molecule has 0 aliphatic heterocycles. The number of carbonyl (C=O) groups is 1. The number of para-hydroxylation sites is 2. The Morgan fingerprint density at radius 1 is 1.17 bits per heavy atom. The molecule has 3 aromatic rings. The first-order chi connectivity index (χ1) is 11.0. The van der Waals surface area contributed by atoms with Crippen molar-refractivity contribution in [2.24, 2.45) is 0 Å². The molecule has 0 atom stereocenters. The van der Waals surface area contributed by atoms with Crippen LogP contribution < -0.4 is 5.32 Å². The van der Waals surface area contributed by atoms with Crippen molar-refractivity contribution in [3.63, 3.8) is 0 Å². The molecule has 6 heteroatoms. The largest absolute Gasteiger partial charge is 0.350 e. The number of H-pyrrole nitrogens is 1. The summed E-state index contributed by atoms with van der Waals surface area (Å²) in [5, 5.41) is 14.6. The normalized spacial score (nSPS) is 10.7. The number of hydrogen-bond donors (Lipinski definition) is 2. The zero-order valence-electron chi connectivity index (χ0n) is 12.7. The van der Waals surface area contributed by atoms with Gasteiger partial charge in [0.1, 0.15) is 11.4 Å². The van der Waals surface area contributed by atoms with E-state index >= 15 is 0 Å². The van der Waals surface area contributed by atoms with Gasteiger partial charge in [0, 0.05) is 17.0 Å². The predicted octanol–water partition coefficient (Wildman–Crippen LogP) is 3.95. The van der Waals surface area contributed by atoms with Crippen LogP contribution in [0.3, 0.4) is 0 Å². The number of aromatic amines is 1. The van der Waals surface area contributed by atoms with Gasteiger partial charge in [0.2, 0.25) is 0 Å². The van der Waals surface area contributed by atoms with Crippen molar-refractivity contribution >= 4 is 28.2 Å². The highest BCUT2D eigenvalue weighted by molar-refractivity contribution is 6.08. The molecule has 2 aromatic carbocycles. The molecule has 2 N–H and O–H groups in total. The van der Waals surface area contributed by atoms with Crippen LogP contribution in [0.15, 0.2) is 42.5 Å². The number of aromatic nitrogens is 1. The Labute approximate surface area is 132 Å². The fraction of sp³-hybridized carbons (Fsp3) is 0.118. The molecule has 3 rings (SSSR count). The summed E-state index contributed by atoms with van der Waals surface area (Å²) in [4.78, 5) is 26.1. The number of anilines is 1. The third kappa shape index (κ3) is 2.66. The summed E-state index contributed by atoms with van der Waals surface area (Å²) in [5.41, 5.74) is 3.23. The third-order valence-corrected chi connectivity index (χ3v) is 3.79. The number of fused-ring (bicyclic) bond motifs is 1. The molecular weight excluding hydrogens is 294 g/mol. The van der Waals surface area contributed by atoms with Crippen molar-refractivity contribution in [1.82, 2.24) is 4.98 Å². The number of amides is 1. The second-order valence-corrected chi connectivity index (χ2v) is 5.40. The predicted molar refractivity (Wildman–Crippen MR) is 88.8 cm³/mol. The average Bonchev–Trinajstić information content (AvgIpc) is 2.84. The SMILES string of the molecule is Cc1ccc2[nH]c(C(=O)Nc3ccccc3[N+](=O)[O-])c(C)c2c1. The van der Waals surface area contributed by atoms with Gasteiger partial charge in [-0.1, -0.05) is 23.8 Å². The van der Waals surface area contributed by atoms with Crippen LogP contribution in [-0.4, -0.2) is 15.8 Å². The second kappa shape index (κ2) is 5.57. The lowest BCUT2D eigenvalue weighted by molar-refractivity contribution is -0.383. The number of nitro benzene ring substituents is 1. The van der Waals surface area contributed by atoms with Gasteiger partial charge in [-0.3, -0.25) is 14.9 Å². The Bertz CT molecular complexity index is 928. The number of rotatable bonds is 3. The van der Waals surface area contributed by atoms with E-state index in [1.54, 1.807) is 12.1 Å². The number of benzene rings is 2. The van der Waals surface area contributed by atoms with Crippen molar-refractivity contribution in [2.45, 2.75) is 13.8 Å². The summed E-state index contributed by atoms with van der Waals surface area (Å²) in [5.74, 6) is -0.398. The monoisotopic (exact) mass is 309 g/mol. The molecule has 0 aliphatic rings. The first-order valence-electron chi connectivity index (χ1n) is 7.11. The van der Waals surface area contributed by atoms with E-state index in [2.05, 4.69) is 10.3 Å². The molecule has 0 saturated heterocycles. The first-order valence-corrected chi connectivity index (χ1v) is 7.11. The molecule has 0 bridgehead atoms. The lowest BCUT2D eigenvalue weighted by Gasteiger charge is -2.05. The van der Waals surface area contributed by atoms with E-state index in [4.69, 9.17) is 0 Å². The molecule has 1 heterocycles. The van der Waals surface area contributed by atoms with E-state index in [1.807, 2.05) is 32.0 Å². The van der Waals surface area contributed by atoms with Gasteiger partial charge in [0.05, 0.1) is 4.92 Å². The molecule has 0 aliphatic carbocycles. The first kappa shape index (κ1) is 14.8. The standard InChI is InChI=1S/C17H15N3O3/c1-10-7-8-13-12(9-10)11(2)16(18-13)17(21)19-14-5-3-4-6-15(14)20(22)23/h3-9,18H,1-2H3,(H,19,21). The molecule has 0 saturated carbocycles. The summed E-state index contributed by atoms with van der Waals surface area (Å²) in [7, 11) is 0. The Balaban J connectivity index is 1.99. The van der Waals surface area contributed by atoms with Crippen LogP contribution in [0, 0.1) is 24.0 Å². The molecule has 0 unspecified atom stereocenters. The highest BCUT2D eigenvalue weighted by Crippen LogP contribution is 2.26. The van der Waals surface area contributed by atoms with E-state index in [1.165, 1.54) is 12.1 Å². The number of hydrogen-bond acceptors (Lipinski definition) is 3. The van der Waals surface area contributed by atoms with Crippen molar-refractivity contribution < 1.29 is 9.72 Å². The van der Waals surface area contributed by atoms with Crippen molar-refractivity contribution in [3.05, 3.63) is 69.4 Å². The smallest absolute Gasteiger partial charge is 0.292 e. The van der Waals surface area contributed by atoms with Crippen LogP contribution >= 0.6 is 0 Å². The second-order valence-electron chi connectivity index (χ2n) is 5.40.